The van der Waals surface area contributed by atoms with Crippen molar-refractivity contribution in [1.82, 2.24) is 0 Å². The van der Waals surface area contributed by atoms with Crippen LogP contribution >= 0.6 is 0 Å². The summed E-state index contributed by atoms with van der Waals surface area (Å²) in [6, 6.07) is 7.32. The second kappa shape index (κ2) is 9.24. The van der Waals surface area contributed by atoms with E-state index in [4.69, 9.17) is 18.9 Å². The molecule has 26 heavy (non-hydrogen) atoms. The van der Waals surface area contributed by atoms with E-state index in [1.807, 2.05) is 24.3 Å². The molecule has 0 atom stereocenters. The van der Waals surface area contributed by atoms with Gasteiger partial charge in [-0.2, -0.15) is 0 Å². The lowest BCUT2D eigenvalue weighted by atomic mass is 10.1. The van der Waals surface area contributed by atoms with Crippen LogP contribution in [0.5, 0.6) is 5.75 Å². The van der Waals surface area contributed by atoms with Crippen LogP contribution in [0.1, 0.15) is 26.7 Å². The molecule has 0 radical (unpaired) electrons. The van der Waals surface area contributed by atoms with E-state index in [-0.39, 0.29) is 30.7 Å². The molecule has 1 aliphatic heterocycles. The molecule has 0 aliphatic carbocycles. The number of anilines is 1. The number of carbonyl (C=O) groups excluding carboxylic acids is 2. The van der Waals surface area contributed by atoms with Gasteiger partial charge in [-0.3, -0.25) is 0 Å². The Morgan fingerprint density at radius 2 is 1.77 bits per heavy atom. The number of esters is 2. The molecular formula is C19H25NO6. The van der Waals surface area contributed by atoms with Crippen molar-refractivity contribution in [3.05, 3.63) is 35.5 Å². The van der Waals surface area contributed by atoms with Crippen LogP contribution in [0.25, 0.3) is 0 Å². The van der Waals surface area contributed by atoms with Gasteiger partial charge < -0.3 is 23.8 Å². The molecule has 0 bridgehead atoms. The fourth-order valence-electron chi connectivity index (χ4n) is 2.75. The normalized spacial score (nSPS) is 14.4. The van der Waals surface area contributed by atoms with E-state index in [9.17, 15) is 9.59 Å². The molecule has 0 fully saturated rings. The highest BCUT2D eigenvalue weighted by Crippen LogP contribution is 2.35. The summed E-state index contributed by atoms with van der Waals surface area (Å²) in [6.07, 6.45) is 1.76. The molecule has 0 N–H and O–H groups in total. The smallest absolute Gasteiger partial charge is 0.355 e. The van der Waals surface area contributed by atoms with Gasteiger partial charge in [-0.25, -0.2) is 9.59 Å². The number of para-hydroxylation sites is 2. The minimum Gasteiger partial charge on any atom is -0.488 e. The zero-order valence-electron chi connectivity index (χ0n) is 15.6. The number of hydrogen-bond donors (Lipinski definition) is 0. The van der Waals surface area contributed by atoms with Crippen molar-refractivity contribution in [2.24, 2.45) is 0 Å². The molecule has 1 aromatic carbocycles. The van der Waals surface area contributed by atoms with Crippen molar-refractivity contribution in [2.75, 3.05) is 32.5 Å². The predicted molar refractivity (Wildman–Crippen MR) is 95.8 cm³/mol. The molecule has 0 aromatic heterocycles. The highest BCUT2D eigenvalue weighted by Gasteiger charge is 2.33. The van der Waals surface area contributed by atoms with Gasteiger partial charge in [0.15, 0.2) is 0 Å². The van der Waals surface area contributed by atoms with Gasteiger partial charge in [0, 0.05) is 0 Å². The summed E-state index contributed by atoms with van der Waals surface area (Å²) in [5.41, 5.74) is 0.843. The molecule has 0 amide bonds. The molecule has 0 saturated carbocycles. The zero-order chi connectivity index (χ0) is 19.1. The summed E-state index contributed by atoms with van der Waals surface area (Å²) in [5, 5.41) is 0. The molecule has 142 valence electrons. The van der Waals surface area contributed by atoms with Gasteiger partial charge in [0.1, 0.15) is 18.2 Å². The van der Waals surface area contributed by atoms with Gasteiger partial charge in [0.05, 0.1) is 38.2 Å². The molecule has 0 spiro atoms. The van der Waals surface area contributed by atoms with E-state index >= 15 is 0 Å². The zero-order valence-corrected chi connectivity index (χ0v) is 15.6. The number of methoxy groups -OCH3 is 2. The minimum atomic E-state index is -0.633. The van der Waals surface area contributed by atoms with E-state index in [2.05, 4.69) is 13.8 Å². The first-order valence-electron chi connectivity index (χ1n) is 8.58. The van der Waals surface area contributed by atoms with Crippen LogP contribution in [0.3, 0.4) is 0 Å². The second-order valence-corrected chi connectivity index (χ2v) is 5.74. The standard InChI is InChI=1S/C19H25NO6/c1-5-13(6-2)26-16-10-8-7-9-15(16)20-12-25-11-14(18(21)23-3)17(20)19(22)24-4/h7-10,13H,5-6,11-12H2,1-4H3. The first-order valence-corrected chi connectivity index (χ1v) is 8.58. The predicted octanol–water partition coefficient (Wildman–Crippen LogP) is 2.65. The maximum atomic E-state index is 12.4. The summed E-state index contributed by atoms with van der Waals surface area (Å²) in [4.78, 5) is 26.1. The highest BCUT2D eigenvalue weighted by atomic mass is 16.5. The van der Waals surface area contributed by atoms with E-state index in [1.165, 1.54) is 14.2 Å². The number of carbonyl (C=O) groups is 2. The van der Waals surface area contributed by atoms with E-state index in [0.29, 0.717) is 11.4 Å². The highest BCUT2D eigenvalue weighted by molar-refractivity contribution is 6.03. The molecule has 0 saturated heterocycles. The first-order chi connectivity index (χ1) is 12.6. The Bertz CT molecular complexity index is 680. The number of rotatable bonds is 7. The maximum absolute atomic E-state index is 12.4. The van der Waals surface area contributed by atoms with Crippen molar-refractivity contribution in [2.45, 2.75) is 32.8 Å². The third kappa shape index (κ3) is 4.16. The first kappa shape index (κ1) is 19.8. The maximum Gasteiger partial charge on any atom is 0.355 e. The Morgan fingerprint density at radius 3 is 2.38 bits per heavy atom. The minimum absolute atomic E-state index is 0.0246. The Balaban J connectivity index is 2.52. The van der Waals surface area contributed by atoms with Gasteiger partial charge in [0.2, 0.25) is 0 Å². The Kier molecular flexibility index (Phi) is 7.03. The van der Waals surface area contributed by atoms with Crippen LogP contribution in [0.2, 0.25) is 0 Å². The van der Waals surface area contributed by atoms with Gasteiger partial charge in [-0.05, 0) is 25.0 Å². The van der Waals surface area contributed by atoms with Crippen LogP contribution < -0.4 is 9.64 Å². The quantitative estimate of drug-likeness (QED) is 0.690. The molecular weight excluding hydrogens is 338 g/mol. The monoisotopic (exact) mass is 363 g/mol. The van der Waals surface area contributed by atoms with Gasteiger partial charge in [-0.1, -0.05) is 26.0 Å². The van der Waals surface area contributed by atoms with Gasteiger partial charge >= 0.3 is 11.9 Å². The topological polar surface area (TPSA) is 74.3 Å². The lowest BCUT2D eigenvalue weighted by Gasteiger charge is -2.32. The average Bonchev–Trinajstić information content (AvgIpc) is 2.70. The number of nitrogens with zero attached hydrogens (tertiary/aromatic N) is 1. The second-order valence-electron chi connectivity index (χ2n) is 5.74. The molecule has 1 aromatic rings. The fourth-order valence-corrected chi connectivity index (χ4v) is 2.75. The number of ether oxygens (including phenoxy) is 4. The summed E-state index contributed by atoms with van der Waals surface area (Å²) in [5.74, 6) is -0.656. The van der Waals surface area contributed by atoms with Crippen LogP contribution in [0.15, 0.2) is 35.5 Å². The third-order valence-electron chi connectivity index (χ3n) is 4.19. The van der Waals surface area contributed by atoms with Crippen molar-refractivity contribution >= 4 is 17.6 Å². The van der Waals surface area contributed by atoms with E-state index < -0.39 is 11.9 Å². The molecule has 0 unspecified atom stereocenters. The van der Waals surface area contributed by atoms with Gasteiger partial charge in [-0.15, -0.1) is 0 Å². The Morgan fingerprint density at radius 1 is 1.12 bits per heavy atom. The van der Waals surface area contributed by atoms with Crippen LogP contribution in [0.4, 0.5) is 5.69 Å². The van der Waals surface area contributed by atoms with E-state index in [0.717, 1.165) is 12.8 Å². The van der Waals surface area contributed by atoms with Crippen LogP contribution in [0, 0.1) is 0 Å². The summed E-state index contributed by atoms with van der Waals surface area (Å²) >= 11 is 0. The largest absolute Gasteiger partial charge is 0.488 e. The SMILES string of the molecule is CCC(CC)Oc1ccccc1N1COCC(C(=O)OC)=C1C(=O)OC. The lowest BCUT2D eigenvalue weighted by molar-refractivity contribution is -0.140. The van der Waals surface area contributed by atoms with Crippen LogP contribution in [-0.4, -0.2) is 45.6 Å². The number of hydrogen-bond acceptors (Lipinski definition) is 7. The lowest BCUT2D eigenvalue weighted by Crippen LogP contribution is -2.39. The molecule has 1 heterocycles. The third-order valence-corrected chi connectivity index (χ3v) is 4.19. The van der Waals surface area contributed by atoms with Crippen LogP contribution in [-0.2, 0) is 23.8 Å². The number of benzene rings is 1. The molecule has 7 nitrogen and oxygen atoms in total. The van der Waals surface area contributed by atoms with Crippen molar-refractivity contribution < 1.29 is 28.5 Å². The molecule has 7 heteroatoms. The summed E-state index contributed by atoms with van der Waals surface area (Å²) in [6.45, 7) is 4.17. The molecule has 1 aliphatic rings. The Labute approximate surface area is 153 Å². The van der Waals surface area contributed by atoms with Gasteiger partial charge in [0.25, 0.3) is 0 Å². The van der Waals surface area contributed by atoms with Crippen molar-refractivity contribution in [3.63, 3.8) is 0 Å². The van der Waals surface area contributed by atoms with Crippen molar-refractivity contribution in [1.29, 1.82) is 0 Å². The summed E-state index contributed by atoms with van der Waals surface area (Å²) < 4.78 is 21.3. The fraction of sp³-hybridized carbons (Fsp3) is 0.474. The Hall–Kier alpha value is -2.54. The van der Waals surface area contributed by atoms with E-state index in [1.54, 1.807) is 4.90 Å². The molecule has 2 rings (SSSR count). The summed E-state index contributed by atoms with van der Waals surface area (Å²) in [7, 11) is 2.53. The average molecular weight is 363 g/mol. The van der Waals surface area contributed by atoms with Crippen molar-refractivity contribution in [3.8, 4) is 5.75 Å².